The summed E-state index contributed by atoms with van der Waals surface area (Å²) in [6.07, 6.45) is 1.70. The molecule has 3 aromatic rings. The van der Waals surface area contributed by atoms with Crippen molar-refractivity contribution < 1.29 is 14.6 Å². The number of hydrogen-bond acceptors (Lipinski definition) is 6. The highest BCUT2D eigenvalue weighted by Gasteiger charge is 2.27. The van der Waals surface area contributed by atoms with Crippen molar-refractivity contribution in [2.75, 3.05) is 11.9 Å². The fourth-order valence-electron chi connectivity index (χ4n) is 3.12. The topological polar surface area (TPSA) is 85.0 Å². The molecule has 0 atom stereocenters. The van der Waals surface area contributed by atoms with Crippen LogP contribution in [0.4, 0.5) is 17.1 Å². The average molecular weight is 399 g/mol. The number of hydrogen-bond donors (Lipinski definition) is 0. The summed E-state index contributed by atoms with van der Waals surface area (Å²) in [6, 6.07) is 23.5. The van der Waals surface area contributed by atoms with Gasteiger partial charge in [-0.15, -0.1) is 0 Å². The molecule has 0 bridgehead atoms. The maximum absolute atomic E-state index is 12.2. The Bertz CT molecular complexity index is 1150. The van der Waals surface area contributed by atoms with Crippen molar-refractivity contribution in [3.8, 4) is 0 Å². The van der Waals surface area contributed by atoms with Crippen LogP contribution in [0.3, 0.4) is 0 Å². The van der Waals surface area contributed by atoms with Gasteiger partial charge in [-0.3, -0.25) is 10.1 Å². The van der Waals surface area contributed by atoms with Crippen molar-refractivity contribution in [1.82, 2.24) is 0 Å². The van der Waals surface area contributed by atoms with Crippen LogP contribution in [-0.2, 0) is 9.63 Å². The minimum atomic E-state index is -0.561. The lowest BCUT2D eigenvalue weighted by molar-refractivity contribution is -0.384. The number of carbonyl (C=O) groups is 1. The minimum absolute atomic E-state index is 0.0340. The molecule has 3 aromatic carbocycles. The Morgan fingerprint density at radius 1 is 0.933 bits per heavy atom. The van der Waals surface area contributed by atoms with E-state index in [1.807, 2.05) is 61.6 Å². The van der Waals surface area contributed by atoms with Crippen LogP contribution < -0.4 is 4.90 Å². The molecule has 0 spiro atoms. The summed E-state index contributed by atoms with van der Waals surface area (Å²) in [6.45, 7) is 0. The van der Waals surface area contributed by atoms with Crippen molar-refractivity contribution in [2.24, 2.45) is 5.16 Å². The highest BCUT2D eigenvalue weighted by atomic mass is 16.7. The van der Waals surface area contributed by atoms with Crippen molar-refractivity contribution in [3.63, 3.8) is 0 Å². The Morgan fingerprint density at radius 2 is 1.57 bits per heavy atom. The molecule has 7 nitrogen and oxygen atoms in total. The molecule has 1 aliphatic heterocycles. The second-order valence-electron chi connectivity index (χ2n) is 6.67. The number of para-hydroxylation sites is 1. The van der Waals surface area contributed by atoms with Gasteiger partial charge in [-0.05, 0) is 48.0 Å². The number of nitro groups is 1. The molecule has 4 rings (SSSR count). The maximum Gasteiger partial charge on any atom is 0.368 e. The van der Waals surface area contributed by atoms with Crippen LogP contribution in [0.1, 0.15) is 11.1 Å². The zero-order valence-electron chi connectivity index (χ0n) is 16.1. The van der Waals surface area contributed by atoms with Gasteiger partial charge < -0.3 is 9.74 Å². The number of oxime groups is 1. The molecular weight excluding hydrogens is 382 g/mol. The average Bonchev–Trinajstić information content (AvgIpc) is 3.14. The van der Waals surface area contributed by atoms with Crippen LogP contribution in [0.15, 0.2) is 89.6 Å². The van der Waals surface area contributed by atoms with Gasteiger partial charge in [-0.2, -0.15) is 0 Å². The molecule has 0 aliphatic carbocycles. The molecule has 0 saturated heterocycles. The second kappa shape index (κ2) is 8.00. The largest absolute Gasteiger partial charge is 0.368 e. The summed E-state index contributed by atoms with van der Waals surface area (Å²) in [5.41, 5.74) is 4.06. The number of non-ortho nitro benzene ring substituents is 1. The van der Waals surface area contributed by atoms with E-state index >= 15 is 0 Å². The summed E-state index contributed by atoms with van der Waals surface area (Å²) in [5, 5.41) is 14.7. The number of rotatable bonds is 5. The van der Waals surface area contributed by atoms with Crippen LogP contribution in [-0.4, -0.2) is 23.7 Å². The summed E-state index contributed by atoms with van der Waals surface area (Å²) < 4.78 is 0. The van der Waals surface area contributed by atoms with E-state index in [4.69, 9.17) is 4.84 Å². The van der Waals surface area contributed by atoms with E-state index in [9.17, 15) is 14.9 Å². The molecule has 0 unspecified atom stereocenters. The standard InChI is InChI=1S/C23H17N3O4/c1-25(18-5-3-2-4-6-18)19-11-7-16(8-12-19)15-21-22(24-30-23(21)27)17-9-13-20(14-10-17)26(28)29/h2-15H,1H3. The highest BCUT2D eigenvalue weighted by Crippen LogP contribution is 2.26. The normalized spacial score (nSPS) is 14.4. The van der Waals surface area contributed by atoms with Crippen molar-refractivity contribution in [3.05, 3.63) is 106 Å². The third kappa shape index (κ3) is 3.81. The van der Waals surface area contributed by atoms with E-state index in [0.717, 1.165) is 16.9 Å². The second-order valence-corrected chi connectivity index (χ2v) is 6.67. The molecule has 148 valence electrons. The van der Waals surface area contributed by atoms with E-state index < -0.39 is 10.9 Å². The first-order valence-corrected chi connectivity index (χ1v) is 9.18. The summed E-state index contributed by atoms with van der Waals surface area (Å²) in [4.78, 5) is 29.4. The molecule has 1 aliphatic rings. The van der Waals surface area contributed by atoms with Gasteiger partial charge >= 0.3 is 5.97 Å². The van der Waals surface area contributed by atoms with Gasteiger partial charge in [0.15, 0.2) is 0 Å². The van der Waals surface area contributed by atoms with Gasteiger partial charge in [0.25, 0.3) is 5.69 Å². The summed E-state index contributed by atoms with van der Waals surface area (Å²) in [7, 11) is 1.98. The maximum atomic E-state index is 12.2. The summed E-state index contributed by atoms with van der Waals surface area (Å²) >= 11 is 0. The highest BCUT2D eigenvalue weighted by molar-refractivity contribution is 6.31. The molecule has 0 N–H and O–H groups in total. The number of nitro benzene ring substituents is 1. The van der Waals surface area contributed by atoms with Crippen molar-refractivity contribution >= 4 is 34.8 Å². The first-order chi connectivity index (χ1) is 14.5. The fraction of sp³-hybridized carbons (Fsp3) is 0.0435. The van der Waals surface area contributed by atoms with Gasteiger partial charge in [0.1, 0.15) is 5.71 Å². The Balaban J connectivity index is 1.59. The first kappa shape index (κ1) is 19.1. The third-order valence-electron chi connectivity index (χ3n) is 4.78. The van der Waals surface area contributed by atoms with Gasteiger partial charge in [0, 0.05) is 36.1 Å². The zero-order chi connectivity index (χ0) is 21.1. The molecule has 0 amide bonds. The van der Waals surface area contributed by atoms with E-state index in [1.165, 1.54) is 12.1 Å². The van der Waals surface area contributed by atoms with Crippen LogP contribution in [0.2, 0.25) is 0 Å². The van der Waals surface area contributed by atoms with Crippen molar-refractivity contribution in [1.29, 1.82) is 0 Å². The quantitative estimate of drug-likeness (QED) is 0.269. The lowest BCUT2D eigenvalue weighted by atomic mass is 10.0. The van der Waals surface area contributed by atoms with Crippen molar-refractivity contribution in [2.45, 2.75) is 0 Å². The molecule has 0 aromatic heterocycles. The van der Waals surface area contributed by atoms with Crippen LogP contribution >= 0.6 is 0 Å². The lowest BCUT2D eigenvalue weighted by Gasteiger charge is -2.19. The Morgan fingerprint density at radius 3 is 2.20 bits per heavy atom. The van der Waals surface area contributed by atoms with Crippen LogP contribution in [0, 0.1) is 10.1 Å². The van der Waals surface area contributed by atoms with Gasteiger partial charge in [0.2, 0.25) is 0 Å². The molecular formula is C23H17N3O4. The zero-order valence-corrected chi connectivity index (χ0v) is 16.1. The predicted octanol–water partition coefficient (Wildman–Crippen LogP) is 4.71. The minimum Gasteiger partial charge on any atom is -0.345 e. The molecule has 0 fully saturated rings. The fourth-order valence-corrected chi connectivity index (χ4v) is 3.12. The number of anilines is 2. The molecule has 0 saturated carbocycles. The summed E-state index contributed by atoms with van der Waals surface area (Å²) in [5.74, 6) is -0.561. The third-order valence-corrected chi connectivity index (χ3v) is 4.78. The Kier molecular flexibility index (Phi) is 5.09. The Hall–Kier alpha value is -4.26. The lowest BCUT2D eigenvalue weighted by Crippen LogP contribution is -2.09. The van der Waals surface area contributed by atoms with Gasteiger partial charge in [-0.25, -0.2) is 4.79 Å². The molecule has 30 heavy (non-hydrogen) atoms. The number of carbonyl (C=O) groups excluding carboxylic acids is 1. The van der Waals surface area contributed by atoms with Gasteiger partial charge in [-0.1, -0.05) is 35.5 Å². The van der Waals surface area contributed by atoms with Crippen LogP contribution in [0.25, 0.3) is 6.08 Å². The SMILES string of the molecule is CN(c1ccccc1)c1ccc(C=C2C(=O)ON=C2c2ccc([N+](=O)[O-])cc2)cc1. The van der Waals surface area contributed by atoms with Crippen LogP contribution in [0.5, 0.6) is 0 Å². The molecule has 1 heterocycles. The first-order valence-electron chi connectivity index (χ1n) is 9.18. The number of nitrogens with zero attached hydrogens (tertiary/aromatic N) is 3. The van der Waals surface area contributed by atoms with E-state index in [1.54, 1.807) is 18.2 Å². The monoisotopic (exact) mass is 399 g/mol. The molecule has 7 heteroatoms. The van der Waals surface area contributed by atoms with E-state index in [0.29, 0.717) is 16.8 Å². The predicted molar refractivity (Wildman–Crippen MR) is 115 cm³/mol. The molecule has 0 radical (unpaired) electrons. The van der Waals surface area contributed by atoms with E-state index in [-0.39, 0.29) is 5.69 Å². The smallest absolute Gasteiger partial charge is 0.345 e. The number of benzene rings is 3. The van der Waals surface area contributed by atoms with E-state index in [2.05, 4.69) is 10.1 Å². The van der Waals surface area contributed by atoms with Gasteiger partial charge in [0.05, 0.1) is 10.5 Å². The Labute approximate surface area is 172 Å².